The van der Waals surface area contributed by atoms with E-state index in [1.54, 1.807) is 6.08 Å². The average molecular weight is 181 g/mol. The molecule has 1 aliphatic heterocycles. The van der Waals surface area contributed by atoms with Crippen LogP contribution in [0.2, 0.25) is 0 Å². The average Bonchev–Trinajstić information content (AvgIpc) is 2.18. The van der Waals surface area contributed by atoms with Crippen LogP contribution in [-0.4, -0.2) is 28.8 Å². The van der Waals surface area contributed by atoms with Crippen molar-refractivity contribution in [1.29, 1.82) is 0 Å². The largest absolute Gasteiger partial charge is 0.375 e. The molecule has 0 aromatic rings. The minimum absolute atomic E-state index is 0.458. The van der Waals surface area contributed by atoms with Gasteiger partial charge in [-0.15, -0.1) is 6.58 Å². The highest BCUT2D eigenvalue weighted by Gasteiger charge is 2.24. The van der Waals surface area contributed by atoms with Crippen molar-refractivity contribution in [2.45, 2.75) is 38.0 Å². The summed E-state index contributed by atoms with van der Waals surface area (Å²) in [4.78, 5) is 2.11. The third kappa shape index (κ3) is 2.68. The summed E-state index contributed by atoms with van der Waals surface area (Å²) < 4.78 is 0. The normalized spacial score (nSPS) is 26.7. The van der Waals surface area contributed by atoms with Gasteiger partial charge < -0.3 is 5.11 Å². The Morgan fingerprint density at radius 3 is 2.85 bits per heavy atom. The van der Waals surface area contributed by atoms with Gasteiger partial charge in [-0.25, -0.2) is 0 Å². The van der Waals surface area contributed by atoms with E-state index in [9.17, 15) is 5.11 Å². The van der Waals surface area contributed by atoms with E-state index in [0.29, 0.717) is 6.04 Å². The fraction of sp³-hybridized carbons (Fsp3) is 0.636. The number of hydrogen-bond acceptors (Lipinski definition) is 2. The van der Waals surface area contributed by atoms with Gasteiger partial charge in [-0.05, 0) is 25.3 Å². The number of rotatable bonds is 4. The number of nitrogens with zero attached hydrogens (tertiary/aromatic N) is 1. The third-order valence-electron chi connectivity index (χ3n) is 2.66. The molecule has 0 aliphatic carbocycles. The van der Waals surface area contributed by atoms with Crippen LogP contribution in [0, 0.1) is 0 Å². The zero-order chi connectivity index (χ0) is 9.68. The van der Waals surface area contributed by atoms with Gasteiger partial charge >= 0.3 is 0 Å². The number of hydrogen-bond donors (Lipinski definition) is 1. The standard InChI is InChI=1S/C11H19NO/c1-3-7-10-8-5-6-9-12(10)11(13)4-2/h3-4,10-11,13H,1-2,5-9H2. The minimum Gasteiger partial charge on any atom is -0.375 e. The van der Waals surface area contributed by atoms with Crippen molar-refractivity contribution < 1.29 is 5.11 Å². The zero-order valence-electron chi connectivity index (χ0n) is 8.15. The highest BCUT2D eigenvalue weighted by atomic mass is 16.3. The summed E-state index contributed by atoms with van der Waals surface area (Å²) in [5.74, 6) is 0. The Balaban J connectivity index is 2.54. The molecule has 0 amide bonds. The summed E-state index contributed by atoms with van der Waals surface area (Å²) in [7, 11) is 0. The molecule has 1 heterocycles. The number of likely N-dealkylation sites (tertiary alicyclic amines) is 1. The van der Waals surface area contributed by atoms with E-state index in [2.05, 4.69) is 18.1 Å². The second-order valence-electron chi connectivity index (χ2n) is 3.56. The number of aliphatic hydroxyl groups is 1. The van der Waals surface area contributed by atoms with Gasteiger partial charge in [0.25, 0.3) is 0 Å². The first-order chi connectivity index (χ1) is 6.29. The van der Waals surface area contributed by atoms with Gasteiger partial charge in [0.1, 0.15) is 6.23 Å². The molecule has 74 valence electrons. The van der Waals surface area contributed by atoms with Crippen LogP contribution >= 0.6 is 0 Å². The lowest BCUT2D eigenvalue weighted by Crippen LogP contribution is -2.45. The van der Waals surface area contributed by atoms with E-state index in [0.717, 1.165) is 19.4 Å². The topological polar surface area (TPSA) is 23.5 Å². The first-order valence-electron chi connectivity index (χ1n) is 4.97. The molecule has 0 saturated carbocycles. The molecule has 0 radical (unpaired) electrons. The maximum absolute atomic E-state index is 9.65. The molecular formula is C11H19NO. The third-order valence-corrected chi connectivity index (χ3v) is 2.66. The van der Waals surface area contributed by atoms with Crippen LogP contribution in [0.3, 0.4) is 0 Å². The molecule has 1 N–H and O–H groups in total. The Morgan fingerprint density at radius 2 is 2.23 bits per heavy atom. The molecule has 2 heteroatoms. The predicted molar refractivity (Wildman–Crippen MR) is 55.4 cm³/mol. The molecule has 0 spiro atoms. The van der Waals surface area contributed by atoms with Crippen LogP contribution in [0.25, 0.3) is 0 Å². The summed E-state index contributed by atoms with van der Waals surface area (Å²) in [6.07, 6.45) is 7.62. The minimum atomic E-state index is -0.481. The molecular weight excluding hydrogens is 162 g/mol. The van der Waals surface area contributed by atoms with Gasteiger partial charge in [-0.1, -0.05) is 19.1 Å². The Morgan fingerprint density at radius 1 is 1.46 bits per heavy atom. The maximum Gasteiger partial charge on any atom is 0.126 e. The summed E-state index contributed by atoms with van der Waals surface area (Å²) in [6, 6.07) is 0.458. The van der Waals surface area contributed by atoms with Crippen molar-refractivity contribution in [3.05, 3.63) is 25.3 Å². The summed E-state index contributed by atoms with van der Waals surface area (Å²) in [6.45, 7) is 8.33. The van der Waals surface area contributed by atoms with E-state index in [-0.39, 0.29) is 0 Å². The quantitative estimate of drug-likeness (QED) is 0.670. The second kappa shape index (κ2) is 5.20. The molecule has 2 unspecified atom stereocenters. The van der Waals surface area contributed by atoms with Gasteiger partial charge in [-0.2, -0.15) is 0 Å². The molecule has 0 aromatic carbocycles. The van der Waals surface area contributed by atoms with Crippen molar-refractivity contribution in [2.75, 3.05) is 6.54 Å². The molecule has 13 heavy (non-hydrogen) atoms. The lowest BCUT2D eigenvalue weighted by molar-refractivity contribution is -0.00780. The van der Waals surface area contributed by atoms with Gasteiger partial charge in [0.15, 0.2) is 0 Å². The Kier molecular flexibility index (Phi) is 4.19. The summed E-state index contributed by atoms with van der Waals surface area (Å²) in [5, 5.41) is 9.65. The first kappa shape index (κ1) is 10.5. The van der Waals surface area contributed by atoms with Crippen LogP contribution < -0.4 is 0 Å². The van der Waals surface area contributed by atoms with Crippen molar-refractivity contribution in [3.8, 4) is 0 Å². The lowest BCUT2D eigenvalue weighted by Gasteiger charge is -2.37. The van der Waals surface area contributed by atoms with Crippen molar-refractivity contribution in [2.24, 2.45) is 0 Å². The van der Waals surface area contributed by atoms with Crippen LogP contribution in [0.1, 0.15) is 25.7 Å². The van der Waals surface area contributed by atoms with Gasteiger partial charge in [0.2, 0.25) is 0 Å². The van der Waals surface area contributed by atoms with Crippen molar-refractivity contribution in [3.63, 3.8) is 0 Å². The number of piperidine rings is 1. The second-order valence-corrected chi connectivity index (χ2v) is 3.56. The fourth-order valence-corrected chi connectivity index (χ4v) is 1.95. The van der Waals surface area contributed by atoms with Crippen molar-refractivity contribution >= 4 is 0 Å². The number of aliphatic hydroxyl groups excluding tert-OH is 1. The summed E-state index contributed by atoms with van der Waals surface area (Å²) in [5.41, 5.74) is 0. The smallest absolute Gasteiger partial charge is 0.126 e. The Hall–Kier alpha value is -0.600. The van der Waals surface area contributed by atoms with E-state index in [1.807, 2.05) is 6.08 Å². The van der Waals surface area contributed by atoms with E-state index < -0.39 is 6.23 Å². The van der Waals surface area contributed by atoms with Gasteiger partial charge in [0.05, 0.1) is 0 Å². The summed E-state index contributed by atoms with van der Waals surface area (Å²) >= 11 is 0. The molecule has 0 aromatic heterocycles. The van der Waals surface area contributed by atoms with Crippen LogP contribution in [0.5, 0.6) is 0 Å². The highest BCUT2D eigenvalue weighted by molar-refractivity contribution is 4.89. The van der Waals surface area contributed by atoms with Gasteiger partial charge in [-0.3, -0.25) is 4.90 Å². The zero-order valence-corrected chi connectivity index (χ0v) is 8.15. The van der Waals surface area contributed by atoms with Crippen LogP contribution in [0.15, 0.2) is 25.3 Å². The Bertz CT molecular complexity index is 179. The molecule has 2 atom stereocenters. The van der Waals surface area contributed by atoms with E-state index in [4.69, 9.17) is 0 Å². The fourth-order valence-electron chi connectivity index (χ4n) is 1.95. The molecule has 1 fully saturated rings. The van der Waals surface area contributed by atoms with E-state index in [1.165, 1.54) is 12.8 Å². The molecule has 1 aliphatic rings. The Labute approximate surface area is 80.6 Å². The molecule has 2 nitrogen and oxygen atoms in total. The maximum atomic E-state index is 9.65. The van der Waals surface area contributed by atoms with Crippen LogP contribution in [-0.2, 0) is 0 Å². The molecule has 0 bridgehead atoms. The SMILES string of the molecule is C=CCC1CCCCN1C(O)C=C. The lowest BCUT2D eigenvalue weighted by atomic mass is 9.99. The van der Waals surface area contributed by atoms with Gasteiger partial charge in [0, 0.05) is 12.6 Å². The van der Waals surface area contributed by atoms with Crippen molar-refractivity contribution in [1.82, 2.24) is 4.90 Å². The molecule has 1 saturated heterocycles. The first-order valence-corrected chi connectivity index (χ1v) is 4.97. The predicted octanol–water partition coefficient (Wildman–Crippen LogP) is 1.92. The van der Waals surface area contributed by atoms with E-state index >= 15 is 0 Å². The monoisotopic (exact) mass is 181 g/mol. The molecule has 1 rings (SSSR count). The van der Waals surface area contributed by atoms with Crippen LogP contribution in [0.4, 0.5) is 0 Å². The highest BCUT2D eigenvalue weighted by Crippen LogP contribution is 2.21.